The summed E-state index contributed by atoms with van der Waals surface area (Å²) in [7, 11) is 0. The summed E-state index contributed by atoms with van der Waals surface area (Å²) in [4.78, 5) is 7.06. The maximum Gasteiger partial charge on any atom is 0.133 e. The van der Waals surface area contributed by atoms with Gasteiger partial charge in [0.1, 0.15) is 5.82 Å². The Labute approximate surface area is 127 Å². The first-order valence-corrected chi connectivity index (χ1v) is 7.83. The molecule has 21 heavy (non-hydrogen) atoms. The first kappa shape index (κ1) is 14.1. The average molecular weight is 281 g/mol. The van der Waals surface area contributed by atoms with Crippen molar-refractivity contribution < 1.29 is 0 Å². The van der Waals surface area contributed by atoms with Gasteiger partial charge in [-0.15, -0.1) is 0 Å². The first-order chi connectivity index (χ1) is 10.4. The summed E-state index contributed by atoms with van der Waals surface area (Å²) in [5, 5.41) is 3.40. The van der Waals surface area contributed by atoms with Crippen molar-refractivity contribution in [1.29, 1.82) is 0 Å². The zero-order valence-corrected chi connectivity index (χ0v) is 12.6. The number of nitrogens with one attached hydrogen (secondary N) is 1. The number of nitrogens with zero attached hydrogens (tertiary/aromatic N) is 2. The summed E-state index contributed by atoms with van der Waals surface area (Å²) < 4.78 is 0. The molecule has 2 heterocycles. The van der Waals surface area contributed by atoms with Gasteiger partial charge in [-0.3, -0.25) is 0 Å². The lowest BCUT2D eigenvalue weighted by Crippen LogP contribution is -2.23. The number of aromatic nitrogens is 1. The van der Waals surface area contributed by atoms with Gasteiger partial charge in [0.2, 0.25) is 0 Å². The highest BCUT2D eigenvalue weighted by Crippen LogP contribution is 2.31. The van der Waals surface area contributed by atoms with Crippen LogP contribution in [0.2, 0.25) is 0 Å². The molecular formula is C18H23N3. The van der Waals surface area contributed by atoms with E-state index in [0.717, 1.165) is 32.0 Å². The van der Waals surface area contributed by atoms with E-state index in [-0.39, 0.29) is 0 Å². The third-order valence-electron chi connectivity index (χ3n) is 4.19. The van der Waals surface area contributed by atoms with Crippen LogP contribution in [0.5, 0.6) is 0 Å². The van der Waals surface area contributed by atoms with Crippen molar-refractivity contribution in [2.75, 3.05) is 24.5 Å². The van der Waals surface area contributed by atoms with E-state index in [1.165, 1.54) is 17.5 Å². The van der Waals surface area contributed by atoms with Gasteiger partial charge in [0.15, 0.2) is 0 Å². The van der Waals surface area contributed by atoms with E-state index >= 15 is 0 Å². The molecule has 110 valence electrons. The van der Waals surface area contributed by atoms with Gasteiger partial charge in [0.05, 0.1) is 0 Å². The Morgan fingerprint density at radius 3 is 2.86 bits per heavy atom. The Morgan fingerprint density at radius 1 is 1.19 bits per heavy atom. The lowest BCUT2D eigenvalue weighted by Gasteiger charge is -2.21. The molecule has 1 atom stereocenters. The van der Waals surface area contributed by atoms with Crippen LogP contribution in [0.3, 0.4) is 0 Å². The summed E-state index contributed by atoms with van der Waals surface area (Å²) in [5.74, 6) is 1.78. The monoisotopic (exact) mass is 281 g/mol. The molecule has 1 aliphatic heterocycles. The molecule has 3 heteroatoms. The fourth-order valence-corrected chi connectivity index (χ4v) is 3.06. The molecule has 1 aliphatic rings. The summed E-state index contributed by atoms with van der Waals surface area (Å²) in [6, 6.07) is 15.0. The van der Waals surface area contributed by atoms with Crippen LogP contribution in [0.4, 0.5) is 5.82 Å². The van der Waals surface area contributed by atoms with Crippen molar-refractivity contribution in [2.45, 2.75) is 25.8 Å². The molecular weight excluding hydrogens is 258 g/mol. The van der Waals surface area contributed by atoms with Crippen molar-refractivity contribution in [1.82, 2.24) is 10.3 Å². The van der Waals surface area contributed by atoms with E-state index in [9.17, 15) is 0 Å². The van der Waals surface area contributed by atoms with Crippen LogP contribution in [-0.2, 0) is 6.54 Å². The molecule has 1 N–H and O–H groups in total. The van der Waals surface area contributed by atoms with Crippen LogP contribution < -0.4 is 10.2 Å². The summed E-state index contributed by atoms with van der Waals surface area (Å²) in [6.07, 6.45) is 3.11. The molecule has 0 saturated carbocycles. The maximum absolute atomic E-state index is 4.63. The van der Waals surface area contributed by atoms with Crippen molar-refractivity contribution in [2.24, 2.45) is 0 Å². The molecule has 0 amide bonds. The second-order valence-electron chi connectivity index (χ2n) is 5.61. The lowest BCUT2D eigenvalue weighted by atomic mass is 9.99. The van der Waals surface area contributed by atoms with E-state index in [2.05, 4.69) is 58.5 Å². The molecule has 0 radical (unpaired) electrons. The average Bonchev–Trinajstić information content (AvgIpc) is 3.04. The number of anilines is 1. The van der Waals surface area contributed by atoms with Crippen LogP contribution in [0.1, 0.15) is 30.4 Å². The van der Waals surface area contributed by atoms with Crippen LogP contribution in [0.25, 0.3) is 0 Å². The molecule has 1 fully saturated rings. The maximum atomic E-state index is 4.63. The zero-order chi connectivity index (χ0) is 14.5. The van der Waals surface area contributed by atoms with Crippen LogP contribution in [0.15, 0.2) is 48.7 Å². The zero-order valence-electron chi connectivity index (χ0n) is 12.6. The third-order valence-corrected chi connectivity index (χ3v) is 4.19. The normalized spacial score (nSPS) is 18.1. The molecule has 3 nitrogen and oxygen atoms in total. The van der Waals surface area contributed by atoms with Crippen molar-refractivity contribution in [3.05, 3.63) is 59.8 Å². The third kappa shape index (κ3) is 3.24. The second-order valence-corrected chi connectivity index (χ2v) is 5.61. The fraction of sp³-hybridized carbons (Fsp3) is 0.389. The molecule has 1 unspecified atom stereocenters. The number of rotatable bonds is 5. The molecule has 0 aliphatic carbocycles. The van der Waals surface area contributed by atoms with Gasteiger partial charge >= 0.3 is 0 Å². The van der Waals surface area contributed by atoms with Gasteiger partial charge in [-0.25, -0.2) is 4.98 Å². The number of pyridine rings is 1. The molecule has 2 aromatic rings. The van der Waals surface area contributed by atoms with Gasteiger partial charge < -0.3 is 10.2 Å². The summed E-state index contributed by atoms with van der Waals surface area (Å²) >= 11 is 0. The predicted molar refractivity (Wildman–Crippen MR) is 87.6 cm³/mol. The van der Waals surface area contributed by atoms with Crippen LogP contribution in [0, 0.1) is 0 Å². The van der Waals surface area contributed by atoms with Crippen LogP contribution >= 0.6 is 0 Å². The fourth-order valence-electron chi connectivity index (χ4n) is 3.06. The minimum absolute atomic E-state index is 0.625. The van der Waals surface area contributed by atoms with E-state index < -0.39 is 0 Å². The standard InChI is InChI=1S/C18H23N3/c1-2-19-13-16-9-6-11-20-18(16)21-12-10-17(14-21)15-7-4-3-5-8-15/h3-9,11,17,19H,2,10,12-14H2,1H3. The Bertz CT molecular complexity index is 568. The van der Waals surface area contributed by atoms with Crippen molar-refractivity contribution >= 4 is 5.82 Å². The molecule has 1 saturated heterocycles. The van der Waals surface area contributed by atoms with Gasteiger partial charge in [-0.05, 0) is 24.6 Å². The molecule has 3 rings (SSSR count). The second kappa shape index (κ2) is 6.72. The van der Waals surface area contributed by atoms with Gasteiger partial charge in [-0.2, -0.15) is 0 Å². The Morgan fingerprint density at radius 2 is 2.05 bits per heavy atom. The van der Waals surface area contributed by atoms with Crippen molar-refractivity contribution in [3.8, 4) is 0 Å². The molecule has 1 aromatic heterocycles. The Kier molecular flexibility index (Phi) is 4.51. The van der Waals surface area contributed by atoms with Gasteiger partial charge in [-0.1, -0.05) is 43.3 Å². The minimum atomic E-state index is 0.625. The van der Waals surface area contributed by atoms with Crippen molar-refractivity contribution in [3.63, 3.8) is 0 Å². The summed E-state index contributed by atoms with van der Waals surface area (Å²) in [6.45, 7) is 6.18. The number of benzene rings is 1. The summed E-state index contributed by atoms with van der Waals surface area (Å²) in [5.41, 5.74) is 2.75. The predicted octanol–water partition coefficient (Wildman–Crippen LogP) is 3.19. The Hall–Kier alpha value is -1.87. The topological polar surface area (TPSA) is 28.2 Å². The molecule has 0 spiro atoms. The SMILES string of the molecule is CCNCc1cccnc1N1CCC(c2ccccc2)C1. The Balaban J connectivity index is 1.74. The van der Waals surface area contributed by atoms with Crippen LogP contribution in [-0.4, -0.2) is 24.6 Å². The highest BCUT2D eigenvalue weighted by Gasteiger charge is 2.25. The highest BCUT2D eigenvalue weighted by atomic mass is 15.2. The van der Waals surface area contributed by atoms with Gasteiger partial charge in [0.25, 0.3) is 0 Å². The quantitative estimate of drug-likeness (QED) is 0.912. The van der Waals surface area contributed by atoms with E-state index in [4.69, 9.17) is 0 Å². The number of hydrogen-bond donors (Lipinski definition) is 1. The number of hydrogen-bond acceptors (Lipinski definition) is 3. The highest BCUT2D eigenvalue weighted by molar-refractivity contribution is 5.48. The molecule has 1 aromatic carbocycles. The van der Waals surface area contributed by atoms with Gasteiger partial charge in [0, 0.05) is 37.3 Å². The van der Waals surface area contributed by atoms with E-state index in [0.29, 0.717) is 5.92 Å². The lowest BCUT2D eigenvalue weighted by molar-refractivity contribution is 0.719. The van der Waals surface area contributed by atoms with E-state index in [1.54, 1.807) is 0 Å². The largest absolute Gasteiger partial charge is 0.356 e. The minimum Gasteiger partial charge on any atom is -0.356 e. The smallest absolute Gasteiger partial charge is 0.133 e. The van der Waals surface area contributed by atoms with E-state index in [1.807, 2.05) is 12.3 Å². The molecule has 0 bridgehead atoms. The first-order valence-electron chi connectivity index (χ1n) is 7.83.